The molecule has 1 unspecified atom stereocenters. The zero-order valence-corrected chi connectivity index (χ0v) is 15.5. The molecule has 0 saturated carbocycles. The Kier molecular flexibility index (Phi) is 11.7. The Morgan fingerprint density at radius 2 is 1.09 bits per heavy atom. The molecule has 1 aromatic rings. The third-order valence-electron chi connectivity index (χ3n) is 4.93. The molecule has 1 rings (SSSR count). The van der Waals surface area contributed by atoms with Crippen molar-refractivity contribution in [3.05, 3.63) is 29.8 Å². The number of rotatable bonds is 14. The zero-order valence-electron chi connectivity index (χ0n) is 15.5. The minimum absolute atomic E-state index is 0.384. The Labute approximate surface area is 144 Å². The van der Waals surface area contributed by atoms with Crippen molar-refractivity contribution in [3.8, 4) is 5.75 Å². The quantitative estimate of drug-likeness (QED) is 0.350. The molecule has 0 aliphatic heterocycles. The summed E-state index contributed by atoms with van der Waals surface area (Å²) in [5.74, 6) is 1.07. The Morgan fingerprint density at radius 1 is 0.652 bits per heavy atom. The van der Waals surface area contributed by atoms with Gasteiger partial charge in [0.2, 0.25) is 0 Å². The number of phenolic OH excluding ortho intramolecular Hbond substituents is 1. The highest BCUT2D eigenvalue weighted by molar-refractivity contribution is 5.28. The van der Waals surface area contributed by atoms with E-state index >= 15 is 0 Å². The van der Waals surface area contributed by atoms with Crippen LogP contribution in [0.4, 0.5) is 0 Å². The van der Waals surface area contributed by atoms with Gasteiger partial charge in [-0.15, -0.1) is 0 Å². The largest absolute Gasteiger partial charge is 0.508 e. The standard InChI is InChI=1S/C22H38O/c1-3-5-7-9-11-13-15-20(14-12-10-8-6-4-2)21-16-18-22(23)19-17-21/h16-20,23H,3-15H2,1-2H3. The molecule has 0 radical (unpaired) electrons. The van der Waals surface area contributed by atoms with Crippen LogP contribution in [-0.4, -0.2) is 5.11 Å². The molecule has 0 aromatic heterocycles. The molecule has 0 bridgehead atoms. The van der Waals surface area contributed by atoms with Crippen LogP contribution in [0.1, 0.15) is 109 Å². The summed E-state index contributed by atoms with van der Waals surface area (Å²) in [5.41, 5.74) is 1.42. The molecular weight excluding hydrogens is 280 g/mol. The van der Waals surface area contributed by atoms with Gasteiger partial charge in [-0.25, -0.2) is 0 Å². The van der Waals surface area contributed by atoms with Crippen molar-refractivity contribution in [2.45, 2.75) is 103 Å². The Hall–Kier alpha value is -0.980. The van der Waals surface area contributed by atoms with Gasteiger partial charge in [0.1, 0.15) is 5.75 Å². The minimum Gasteiger partial charge on any atom is -0.508 e. The lowest BCUT2D eigenvalue weighted by atomic mass is 9.88. The summed E-state index contributed by atoms with van der Waals surface area (Å²) in [6.45, 7) is 4.55. The van der Waals surface area contributed by atoms with Gasteiger partial charge in [-0.1, -0.05) is 96.6 Å². The van der Waals surface area contributed by atoms with Crippen molar-refractivity contribution >= 4 is 0 Å². The molecule has 1 heteroatoms. The van der Waals surface area contributed by atoms with Gasteiger partial charge < -0.3 is 5.11 Å². The molecule has 0 fully saturated rings. The van der Waals surface area contributed by atoms with Gasteiger partial charge in [0.05, 0.1) is 0 Å². The van der Waals surface area contributed by atoms with Gasteiger partial charge in [-0.05, 0) is 36.5 Å². The van der Waals surface area contributed by atoms with Crippen molar-refractivity contribution in [2.24, 2.45) is 0 Å². The Balaban J connectivity index is 2.36. The molecule has 1 atom stereocenters. The number of unbranched alkanes of at least 4 members (excludes halogenated alkanes) is 9. The highest BCUT2D eigenvalue weighted by Gasteiger charge is 2.11. The lowest BCUT2D eigenvalue weighted by Crippen LogP contribution is -2.00. The molecule has 0 spiro atoms. The smallest absolute Gasteiger partial charge is 0.115 e. The maximum absolute atomic E-state index is 9.51. The molecule has 1 nitrogen and oxygen atoms in total. The van der Waals surface area contributed by atoms with E-state index < -0.39 is 0 Å². The highest BCUT2D eigenvalue weighted by Crippen LogP contribution is 2.29. The van der Waals surface area contributed by atoms with E-state index in [-0.39, 0.29) is 0 Å². The fourth-order valence-corrected chi connectivity index (χ4v) is 3.39. The molecular formula is C22H38O. The van der Waals surface area contributed by atoms with Gasteiger partial charge in [0.25, 0.3) is 0 Å². The van der Waals surface area contributed by atoms with Crippen LogP contribution in [-0.2, 0) is 0 Å². The first kappa shape index (κ1) is 20.1. The van der Waals surface area contributed by atoms with Crippen LogP contribution in [0.3, 0.4) is 0 Å². The SMILES string of the molecule is CCCCCCCCC(CCCCCCC)c1ccc(O)cc1. The molecule has 132 valence electrons. The van der Waals surface area contributed by atoms with Crippen LogP contribution >= 0.6 is 0 Å². The topological polar surface area (TPSA) is 20.2 Å². The average molecular weight is 319 g/mol. The lowest BCUT2D eigenvalue weighted by Gasteiger charge is -2.18. The number of benzene rings is 1. The summed E-state index contributed by atoms with van der Waals surface area (Å²) in [7, 11) is 0. The highest BCUT2D eigenvalue weighted by atomic mass is 16.3. The number of phenols is 1. The second-order valence-corrected chi connectivity index (χ2v) is 7.05. The van der Waals surface area contributed by atoms with E-state index in [1.165, 1.54) is 89.0 Å². The first-order valence-corrected chi connectivity index (χ1v) is 10.1. The molecule has 1 N–H and O–H groups in total. The second kappa shape index (κ2) is 13.5. The van der Waals surface area contributed by atoms with Crippen LogP contribution in [0.15, 0.2) is 24.3 Å². The van der Waals surface area contributed by atoms with Crippen LogP contribution in [0.5, 0.6) is 5.75 Å². The first-order chi connectivity index (χ1) is 11.3. The van der Waals surface area contributed by atoms with Crippen molar-refractivity contribution in [3.63, 3.8) is 0 Å². The van der Waals surface area contributed by atoms with E-state index in [4.69, 9.17) is 0 Å². The molecule has 0 saturated heterocycles. The third-order valence-corrected chi connectivity index (χ3v) is 4.93. The maximum atomic E-state index is 9.51. The van der Waals surface area contributed by atoms with Crippen molar-refractivity contribution < 1.29 is 5.11 Å². The fourth-order valence-electron chi connectivity index (χ4n) is 3.39. The monoisotopic (exact) mass is 318 g/mol. The normalized spacial score (nSPS) is 12.4. The fraction of sp³-hybridized carbons (Fsp3) is 0.727. The molecule has 0 aliphatic rings. The maximum Gasteiger partial charge on any atom is 0.115 e. The van der Waals surface area contributed by atoms with Gasteiger partial charge in [0, 0.05) is 0 Å². The number of hydrogen-bond donors (Lipinski definition) is 1. The van der Waals surface area contributed by atoms with Gasteiger partial charge in [-0.3, -0.25) is 0 Å². The molecule has 0 heterocycles. The Morgan fingerprint density at radius 3 is 1.57 bits per heavy atom. The van der Waals surface area contributed by atoms with E-state index in [0.29, 0.717) is 11.7 Å². The second-order valence-electron chi connectivity index (χ2n) is 7.05. The summed E-state index contributed by atoms with van der Waals surface area (Å²) in [6, 6.07) is 7.95. The summed E-state index contributed by atoms with van der Waals surface area (Å²) in [5, 5.41) is 9.51. The molecule has 0 aliphatic carbocycles. The summed E-state index contributed by atoms with van der Waals surface area (Å²) >= 11 is 0. The van der Waals surface area contributed by atoms with E-state index in [0.717, 1.165) is 0 Å². The van der Waals surface area contributed by atoms with E-state index in [1.54, 1.807) is 0 Å². The van der Waals surface area contributed by atoms with E-state index in [1.807, 2.05) is 12.1 Å². The Bertz CT molecular complexity index is 368. The van der Waals surface area contributed by atoms with Crippen molar-refractivity contribution in [2.75, 3.05) is 0 Å². The summed E-state index contributed by atoms with van der Waals surface area (Å²) < 4.78 is 0. The number of hydrogen-bond acceptors (Lipinski definition) is 1. The van der Waals surface area contributed by atoms with E-state index in [9.17, 15) is 5.11 Å². The predicted octanol–water partition coefficient (Wildman–Crippen LogP) is 7.59. The van der Waals surface area contributed by atoms with Gasteiger partial charge in [-0.2, -0.15) is 0 Å². The van der Waals surface area contributed by atoms with E-state index in [2.05, 4.69) is 26.0 Å². The average Bonchev–Trinajstić information content (AvgIpc) is 2.57. The van der Waals surface area contributed by atoms with Crippen LogP contribution in [0.25, 0.3) is 0 Å². The number of aromatic hydroxyl groups is 1. The predicted molar refractivity (Wildman–Crippen MR) is 102 cm³/mol. The van der Waals surface area contributed by atoms with Crippen LogP contribution in [0, 0.1) is 0 Å². The third kappa shape index (κ3) is 9.69. The van der Waals surface area contributed by atoms with Crippen molar-refractivity contribution in [1.29, 1.82) is 0 Å². The zero-order chi connectivity index (χ0) is 16.8. The van der Waals surface area contributed by atoms with Gasteiger partial charge >= 0.3 is 0 Å². The molecule has 0 amide bonds. The minimum atomic E-state index is 0.384. The molecule has 1 aromatic carbocycles. The van der Waals surface area contributed by atoms with Crippen LogP contribution in [0.2, 0.25) is 0 Å². The van der Waals surface area contributed by atoms with Crippen molar-refractivity contribution in [1.82, 2.24) is 0 Å². The van der Waals surface area contributed by atoms with Gasteiger partial charge in [0.15, 0.2) is 0 Å². The summed E-state index contributed by atoms with van der Waals surface area (Å²) in [4.78, 5) is 0. The lowest BCUT2D eigenvalue weighted by molar-refractivity contribution is 0.471. The first-order valence-electron chi connectivity index (χ1n) is 10.1. The summed E-state index contributed by atoms with van der Waals surface area (Å²) in [6.07, 6.45) is 17.7. The molecule has 23 heavy (non-hydrogen) atoms. The van der Waals surface area contributed by atoms with Crippen LogP contribution < -0.4 is 0 Å².